The second-order valence-electron chi connectivity index (χ2n) is 5.89. The highest BCUT2D eigenvalue weighted by Gasteiger charge is 2.17. The van der Waals surface area contributed by atoms with Gasteiger partial charge in [-0.2, -0.15) is 5.26 Å². The maximum atomic E-state index is 12.1. The van der Waals surface area contributed by atoms with Gasteiger partial charge in [0.2, 0.25) is 0 Å². The van der Waals surface area contributed by atoms with Crippen LogP contribution in [0.25, 0.3) is 11.6 Å². The minimum Gasteiger partial charge on any atom is -0.484 e. The van der Waals surface area contributed by atoms with Gasteiger partial charge in [0.05, 0.1) is 24.9 Å². The maximum absolute atomic E-state index is 12.1. The SMILES string of the molecule is N#C/C(=C\c1ccc(OCC(=O)N2CCOCC2)cc1)c1ccccc1. The van der Waals surface area contributed by atoms with Crippen molar-refractivity contribution in [3.05, 3.63) is 65.7 Å². The Morgan fingerprint density at radius 2 is 1.81 bits per heavy atom. The van der Waals surface area contributed by atoms with Crippen molar-refractivity contribution in [2.75, 3.05) is 32.9 Å². The second kappa shape index (κ2) is 8.84. The number of nitriles is 1. The lowest BCUT2D eigenvalue weighted by Crippen LogP contribution is -2.42. The average Bonchev–Trinajstić information content (AvgIpc) is 2.72. The summed E-state index contributed by atoms with van der Waals surface area (Å²) in [5.41, 5.74) is 2.38. The number of hydrogen-bond acceptors (Lipinski definition) is 4. The van der Waals surface area contributed by atoms with E-state index < -0.39 is 0 Å². The molecule has 5 nitrogen and oxygen atoms in total. The minimum atomic E-state index is -0.0342. The largest absolute Gasteiger partial charge is 0.484 e. The van der Waals surface area contributed by atoms with Gasteiger partial charge in [0.1, 0.15) is 5.75 Å². The first-order chi connectivity index (χ1) is 12.8. The van der Waals surface area contributed by atoms with Gasteiger partial charge < -0.3 is 14.4 Å². The Balaban J connectivity index is 1.60. The van der Waals surface area contributed by atoms with Crippen molar-refractivity contribution >= 4 is 17.6 Å². The van der Waals surface area contributed by atoms with Crippen LogP contribution in [0.3, 0.4) is 0 Å². The number of carbonyl (C=O) groups excluding carboxylic acids is 1. The van der Waals surface area contributed by atoms with Gasteiger partial charge in [-0.25, -0.2) is 0 Å². The molecule has 0 unspecified atom stereocenters. The van der Waals surface area contributed by atoms with Gasteiger partial charge >= 0.3 is 0 Å². The highest BCUT2D eigenvalue weighted by molar-refractivity contribution is 5.89. The van der Waals surface area contributed by atoms with Crippen molar-refractivity contribution in [2.45, 2.75) is 0 Å². The van der Waals surface area contributed by atoms with Crippen molar-refractivity contribution < 1.29 is 14.3 Å². The third-order valence-corrected chi connectivity index (χ3v) is 4.12. The van der Waals surface area contributed by atoms with E-state index in [0.717, 1.165) is 11.1 Å². The van der Waals surface area contributed by atoms with Gasteiger partial charge in [0.25, 0.3) is 5.91 Å². The standard InChI is InChI=1S/C21H20N2O3/c22-15-19(18-4-2-1-3-5-18)14-17-6-8-20(9-7-17)26-16-21(24)23-10-12-25-13-11-23/h1-9,14H,10-13,16H2/b19-14+. The predicted octanol–water partition coefficient (Wildman–Crippen LogP) is 2.99. The van der Waals surface area contributed by atoms with Crippen molar-refractivity contribution in [2.24, 2.45) is 0 Å². The molecule has 26 heavy (non-hydrogen) atoms. The number of morpholine rings is 1. The zero-order chi connectivity index (χ0) is 18.2. The van der Waals surface area contributed by atoms with Crippen LogP contribution in [0.5, 0.6) is 5.75 Å². The third-order valence-electron chi connectivity index (χ3n) is 4.12. The van der Waals surface area contributed by atoms with E-state index >= 15 is 0 Å². The van der Waals surface area contributed by atoms with Crippen LogP contribution in [0.15, 0.2) is 54.6 Å². The molecule has 0 aromatic heterocycles. The molecule has 132 valence electrons. The molecule has 0 atom stereocenters. The Kier molecular flexibility index (Phi) is 6.02. The first kappa shape index (κ1) is 17.7. The quantitative estimate of drug-likeness (QED) is 0.616. The van der Waals surface area contributed by atoms with Crippen LogP contribution in [0.1, 0.15) is 11.1 Å². The van der Waals surface area contributed by atoms with E-state index in [1.165, 1.54) is 0 Å². The lowest BCUT2D eigenvalue weighted by Gasteiger charge is -2.26. The molecular formula is C21H20N2O3. The minimum absolute atomic E-state index is 0.0165. The van der Waals surface area contributed by atoms with Crippen molar-refractivity contribution in [3.8, 4) is 11.8 Å². The summed E-state index contributed by atoms with van der Waals surface area (Å²) in [6.07, 6.45) is 1.83. The molecule has 0 N–H and O–H groups in total. The second-order valence-corrected chi connectivity index (χ2v) is 5.89. The van der Waals surface area contributed by atoms with Crippen molar-refractivity contribution in [1.29, 1.82) is 5.26 Å². The summed E-state index contributed by atoms with van der Waals surface area (Å²) >= 11 is 0. The van der Waals surface area contributed by atoms with Crippen LogP contribution >= 0.6 is 0 Å². The summed E-state index contributed by atoms with van der Waals surface area (Å²) in [6.45, 7) is 2.40. The lowest BCUT2D eigenvalue weighted by atomic mass is 10.0. The van der Waals surface area contributed by atoms with E-state index in [1.54, 1.807) is 17.0 Å². The molecule has 0 radical (unpaired) electrons. The van der Waals surface area contributed by atoms with Crippen LogP contribution in [-0.4, -0.2) is 43.7 Å². The molecule has 2 aromatic carbocycles. The summed E-state index contributed by atoms with van der Waals surface area (Å²) in [4.78, 5) is 13.8. The van der Waals surface area contributed by atoms with Gasteiger partial charge in [-0.05, 0) is 29.3 Å². The van der Waals surface area contributed by atoms with E-state index in [2.05, 4.69) is 6.07 Å². The number of benzene rings is 2. The van der Waals surface area contributed by atoms with Gasteiger partial charge in [0.15, 0.2) is 6.61 Å². The van der Waals surface area contributed by atoms with Crippen LogP contribution in [-0.2, 0) is 9.53 Å². The normalized spacial score (nSPS) is 14.6. The fourth-order valence-corrected chi connectivity index (χ4v) is 2.67. The fraction of sp³-hybridized carbons (Fsp3) is 0.238. The first-order valence-corrected chi connectivity index (χ1v) is 8.52. The molecule has 1 saturated heterocycles. The number of allylic oxidation sites excluding steroid dienone is 1. The molecule has 0 spiro atoms. The Morgan fingerprint density at radius 1 is 1.12 bits per heavy atom. The van der Waals surface area contributed by atoms with Crippen LogP contribution < -0.4 is 4.74 Å². The van der Waals surface area contributed by atoms with Gasteiger partial charge in [0, 0.05) is 13.1 Å². The Labute approximate surface area is 153 Å². The summed E-state index contributed by atoms with van der Waals surface area (Å²) < 4.78 is 10.8. The number of carbonyl (C=O) groups is 1. The molecule has 0 aliphatic carbocycles. The molecule has 1 aliphatic rings. The van der Waals surface area contributed by atoms with Gasteiger partial charge in [-0.15, -0.1) is 0 Å². The molecule has 0 saturated carbocycles. The smallest absolute Gasteiger partial charge is 0.260 e. The third kappa shape index (κ3) is 4.71. The van der Waals surface area contributed by atoms with Crippen LogP contribution in [0.4, 0.5) is 0 Å². The number of hydrogen-bond donors (Lipinski definition) is 0. The molecule has 3 rings (SSSR count). The highest BCUT2D eigenvalue weighted by Crippen LogP contribution is 2.19. The molecule has 5 heteroatoms. The molecule has 1 amide bonds. The van der Waals surface area contributed by atoms with Crippen molar-refractivity contribution in [3.63, 3.8) is 0 Å². The molecule has 1 fully saturated rings. The first-order valence-electron chi connectivity index (χ1n) is 8.52. The van der Waals surface area contributed by atoms with E-state index in [-0.39, 0.29) is 12.5 Å². The van der Waals surface area contributed by atoms with E-state index in [9.17, 15) is 10.1 Å². The predicted molar refractivity (Wildman–Crippen MR) is 99.3 cm³/mol. The Hall–Kier alpha value is -3.10. The van der Waals surface area contributed by atoms with Crippen LogP contribution in [0.2, 0.25) is 0 Å². The summed E-state index contributed by atoms with van der Waals surface area (Å²) in [6, 6.07) is 19.1. The van der Waals surface area contributed by atoms with Gasteiger partial charge in [-0.3, -0.25) is 4.79 Å². The number of rotatable bonds is 5. The number of nitrogens with zero attached hydrogens (tertiary/aromatic N) is 2. The average molecular weight is 348 g/mol. The lowest BCUT2D eigenvalue weighted by molar-refractivity contribution is -0.137. The summed E-state index contributed by atoms with van der Waals surface area (Å²) in [7, 11) is 0. The molecule has 0 bridgehead atoms. The van der Waals surface area contributed by atoms with Crippen LogP contribution in [0, 0.1) is 11.3 Å². The number of amides is 1. The van der Waals surface area contributed by atoms with Gasteiger partial charge in [-0.1, -0.05) is 42.5 Å². The molecular weight excluding hydrogens is 328 g/mol. The fourth-order valence-electron chi connectivity index (χ4n) is 2.67. The molecule has 1 heterocycles. The monoisotopic (exact) mass is 348 g/mol. The maximum Gasteiger partial charge on any atom is 0.260 e. The zero-order valence-corrected chi connectivity index (χ0v) is 14.4. The Morgan fingerprint density at radius 3 is 2.46 bits per heavy atom. The Bertz CT molecular complexity index is 801. The topological polar surface area (TPSA) is 62.6 Å². The molecule has 2 aromatic rings. The highest BCUT2D eigenvalue weighted by atomic mass is 16.5. The van der Waals surface area contributed by atoms with Crippen molar-refractivity contribution in [1.82, 2.24) is 4.90 Å². The van der Waals surface area contributed by atoms with E-state index in [1.807, 2.05) is 48.5 Å². The summed E-state index contributed by atoms with van der Waals surface area (Å²) in [5, 5.41) is 9.37. The summed E-state index contributed by atoms with van der Waals surface area (Å²) in [5.74, 6) is 0.593. The van der Waals surface area contributed by atoms with E-state index in [0.29, 0.717) is 37.6 Å². The number of ether oxygens (including phenoxy) is 2. The zero-order valence-electron chi connectivity index (χ0n) is 14.4. The van der Waals surface area contributed by atoms with E-state index in [4.69, 9.17) is 9.47 Å². The molecule has 1 aliphatic heterocycles.